The smallest absolute Gasteiger partial charge is 0.165 e. The zero-order chi connectivity index (χ0) is 11.5. The lowest BCUT2D eigenvalue weighted by molar-refractivity contribution is 0.278. The molecule has 1 aliphatic carbocycles. The van der Waals surface area contributed by atoms with Crippen LogP contribution in [0.2, 0.25) is 5.02 Å². The van der Waals surface area contributed by atoms with Crippen molar-refractivity contribution in [3.63, 3.8) is 0 Å². The van der Waals surface area contributed by atoms with Gasteiger partial charge in [0.1, 0.15) is 0 Å². The Balaban J connectivity index is 2.22. The first-order valence-electron chi connectivity index (χ1n) is 5.29. The van der Waals surface area contributed by atoms with Crippen molar-refractivity contribution in [3.05, 3.63) is 22.7 Å². The maximum atomic E-state index is 5.96. The molecule has 1 aliphatic rings. The van der Waals surface area contributed by atoms with Crippen LogP contribution in [0.5, 0.6) is 11.5 Å². The normalized spacial score (nSPS) is 14.9. The van der Waals surface area contributed by atoms with E-state index in [1.165, 1.54) is 12.8 Å². The van der Waals surface area contributed by atoms with Crippen LogP contribution in [0, 0.1) is 5.92 Å². The number of ether oxygens (including phenoxy) is 2. The van der Waals surface area contributed by atoms with Crippen molar-refractivity contribution in [1.29, 1.82) is 0 Å². The fourth-order valence-corrected chi connectivity index (χ4v) is 1.95. The number of benzene rings is 1. The van der Waals surface area contributed by atoms with Gasteiger partial charge in [0.25, 0.3) is 0 Å². The average molecular weight is 261 g/mol. The summed E-state index contributed by atoms with van der Waals surface area (Å²) in [7, 11) is 1.60. The van der Waals surface area contributed by atoms with Gasteiger partial charge in [-0.2, -0.15) is 0 Å². The van der Waals surface area contributed by atoms with Crippen LogP contribution in [0.15, 0.2) is 12.1 Å². The average Bonchev–Trinajstić information content (AvgIpc) is 3.10. The van der Waals surface area contributed by atoms with Crippen molar-refractivity contribution in [2.24, 2.45) is 5.92 Å². The van der Waals surface area contributed by atoms with Gasteiger partial charge in [0.2, 0.25) is 0 Å². The molecule has 0 aliphatic heterocycles. The Morgan fingerprint density at radius 2 is 2.12 bits per heavy atom. The summed E-state index contributed by atoms with van der Waals surface area (Å²) in [4.78, 5) is 0. The number of alkyl halides is 1. The van der Waals surface area contributed by atoms with E-state index in [-0.39, 0.29) is 0 Å². The van der Waals surface area contributed by atoms with E-state index in [2.05, 4.69) is 0 Å². The van der Waals surface area contributed by atoms with Crippen molar-refractivity contribution in [3.8, 4) is 11.5 Å². The van der Waals surface area contributed by atoms with Crippen LogP contribution in [0.4, 0.5) is 0 Å². The SMILES string of the molecule is COc1cc(Cl)cc(CCl)c1OCC1CC1. The highest BCUT2D eigenvalue weighted by atomic mass is 35.5. The van der Waals surface area contributed by atoms with E-state index in [0.717, 1.165) is 17.9 Å². The van der Waals surface area contributed by atoms with Gasteiger partial charge in [-0.15, -0.1) is 11.6 Å². The van der Waals surface area contributed by atoms with E-state index >= 15 is 0 Å². The van der Waals surface area contributed by atoms with E-state index in [1.807, 2.05) is 6.07 Å². The van der Waals surface area contributed by atoms with Crippen LogP contribution in [-0.4, -0.2) is 13.7 Å². The molecule has 0 N–H and O–H groups in total. The lowest BCUT2D eigenvalue weighted by Gasteiger charge is -2.14. The first-order valence-corrected chi connectivity index (χ1v) is 6.21. The van der Waals surface area contributed by atoms with E-state index in [0.29, 0.717) is 22.6 Å². The van der Waals surface area contributed by atoms with Crippen molar-refractivity contribution in [1.82, 2.24) is 0 Å². The Morgan fingerprint density at radius 3 is 2.69 bits per heavy atom. The van der Waals surface area contributed by atoms with Crippen molar-refractivity contribution in [2.45, 2.75) is 18.7 Å². The molecule has 1 saturated carbocycles. The second kappa shape index (κ2) is 5.15. The Labute approximate surface area is 105 Å². The number of hydrogen-bond acceptors (Lipinski definition) is 2. The van der Waals surface area contributed by atoms with Crippen molar-refractivity contribution >= 4 is 23.2 Å². The van der Waals surface area contributed by atoms with Gasteiger partial charge in [0.05, 0.1) is 19.6 Å². The molecule has 4 heteroatoms. The molecule has 2 rings (SSSR count). The van der Waals surface area contributed by atoms with Gasteiger partial charge in [0.15, 0.2) is 11.5 Å². The molecule has 0 bridgehead atoms. The van der Waals surface area contributed by atoms with Gasteiger partial charge in [-0.25, -0.2) is 0 Å². The molecule has 0 aromatic heterocycles. The van der Waals surface area contributed by atoms with Gasteiger partial charge in [0, 0.05) is 16.7 Å². The third kappa shape index (κ3) is 2.74. The third-order valence-electron chi connectivity index (χ3n) is 2.62. The van der Waals surface area contributed by atoms with Crippen LogP contribution in [0.3, 0.4) is 0 Å². The highest BCUT2D eigenvalue weighted by Gasteiger charge is 2.23. The molecule has 88 valence electrons. The number of hydrogen-bond donors (Lipinski definition) is 0. The molecule has 0 saturated heterocycles. The summed E-state index contributed by atoms with van der Waals surface area (Å²) >= 11 is 11.8. The summed E-state index contributed by atoms with van der Waals surface area (Å²) in [5.74, 6) is 2.46. The topological polar surface area (TPSA) is 18.5 Å². The Bertz CT molecular complexity index is 350. The van der Waals surface area contributed by atoms with E-state index in [9.17, 15) is 0 Å². The number of rotatable bonds is 5. The Kier molecular flexibility index (Phi) is 3.82. The molecule has 0 amide bonds. The third-order valence-corrected chi connectivity index (χ3v) is 3.13. The largest absolute Gasteiger partial charge is 0.493 e. The van der Waals surface area contributed by atoms with Crippen LogP contribution < -0.4 is 9.47 Å². The fourth-order valence-electron chi connectivity index (χ4n) is 1.52. The molecule has 2 nitrogen and oxygen atoms in total. The minimum absolute atomic E-state index is 0.372. The number of halogens is 2. The number of methoxy groups -OCH3 is 1. The predicted molar refractivity (Wildman–Crippen MR) is 65.8 cm³/mol. The van der Waals surface area contributed by atoms with Crippen LogP contribution in [-0.2, 0) is 5.88 Å². The molecule has 0 atom stereocenters. The van der Waals surface area contributed by atoms with E-state index in [4.69, 9.17) is 32.7 Å². The second-order valence-corrected chi connectivity index (χ2v) is 4.69. The van der Waals surface area contributed by atoms with E-state index in [1.54, 1.807) is 13.2 Å². The Hall–Kier alpha value is -0.600. The maximum absolute atomic E-state index is 5.96. The molecule has 1 aromatic carbocycles. The quantitative estimate of drug-likeness (QED) is 0.749. The first kappa shape index (κ1) is 11.9. The standard InChI is InChI=1S/C12H14Cl2O2/c1-15-11-5-10(14)4-9(6-13)12(11)16-7-8-2-3-8/h4-5,8H,2-3,6-7H2,1H3. The fraction of sp³-hybridized carbons (Fsp3) is 0.500. The van der Waals surface area contributed by atoms with Crippen LogP contribution in [0.1, 0.15) is 18.4 Å². The summed E-state index contributed by atoms with van der Waals surface area (Å²) in [5, 5.41) is 0.617. The second-order valence-electron chi connectivity index (χ2n) is 3.98. The molecule has 0 heterocycles. The molecule has 1 fully saturated rings. The highest BCUT2D eigenvalue weighted by Crippen LogP contribution is 2.37. The van der Waals surface area contributed by atoms with Gasteiger partial charge < -0.3 is 9.47 Å². The lowest BCUT2D eigenvalue weighted by atomic mass is 10.2. The molecule has 16 heavy (non-hydrogen) atoms. The molecular formula is C12H14Cl2O2. The Morgan fingerprint density at radius 1 is 1.38 bits per heavy atom. The van der Waals surface area contributed by atoms with Crippen molar-refractivity contribution < 1.29 is 9.47 Å². The van der Waals surface area contributed by atoms with Gasteiger partial charge in [-0.05, 0) is 24.8 Å². The first-order chi connectivity index (χ1) is 7.74. The molecule has 0 spiro atoms. The zero-order valence-electron chi connectivity index (χ0n) is 9.13. The minimum Gasteiger partial charge on any atom is -0.493 e. The zero-order valence-corrected chi connectivity index (χ0v) is 10.6. The van der Waals surface area contributed by atoms with Crippen LogP contribution in [0.25, 0.3) is 0 Å². The van der Waals surface area contributed by atoms with Gasteiger partial charge in [-0.3, -0.25) is 0 Å². The molecule has 0 radical (unpaired) electrons. The van der Waals surface area contributed by atoms with Gasteiger partial charge in [-0.1, -0.05) is 11.6 Å². The summed E-state index contributed by atoms with van der Waals surface area (Å²) in [6, 6.07) is 3.57. The maximum Gasteiger partial charge on any atom is 0.165 e. The predicted octanol–water partition coefficient (Wildman–Crippen LogP) is 3.88. The monoisotopic (exact) mass is 260 g/mol. The molecule has 1 aromatic rings. The minimum atomic E-state index is 0.372. The summed E-state index contributed by atoms with van der Waals surface area (Å²) < 4.78 is 11.0. The van der Waals surface area contributed by atoms with Crippen LogP contribution >= 0.6 is 23.2 Å². The molecular weight excluding hydrogens is 247 g/mol. The molecule has 0 unspecified atom stereocenters. The highest BCUT2D eigenvalue weighted by molar-refractivity contribution is 6.31. The summed E-state index contributed by atoms with van der Waals surface area (Å²) in [6.07, 6.45) is 2.51. The summed E-state index contributed by atoms with van der Waals surface area (Å²) in [5.41, 5.74) is 0.881. The van der Waals surface area contributed by atoms with Crippen molar-refractivity contribution in [2.75, 3.05) is 13.7 Å². The van der Waals surface area contributed by atoms with Gasteiger partial charge >= 0.3 is 0 Å². The lowest BCUT2D eigenvalue weighted by Crippen LogP contribution is -2.03. The summed E-state index contributed by atoms with van der Waals surface area (Å²) in [6.45, 7) is 0.738. The van der Waals surface area contributed by atoms with E-state index < -0.39 is 0 Å².